The van der Waals surface area contributed by atoms with E-state index in [9.17, 15) is 0 Å². The van der Waals surface area contributed by atoms with Gasteiger partial charge >= 0.3 is 0 Å². The van der Waals surface area contributed by atoms with Crippen LogP contribution in [0.25, 0.3) is 32.7 Å². The summed E-state index contributed by atoms with van der Waals surface area (Å²) in [5, 5.41) is 5.14. The maximum atomic E-state index is 2.30. The summed E-state index contributed by atoms with van der Waals surface area (Å²) in [7, 11) is 2.15. The summed E-state index contributed by atoms with van der Waals surface area (Å²) in [5.41, 5.74) is 4.86. The molecule has 0 saturated carbocycles. The lowest BCUT2D eigenvalue weighted by Crippen LogP contribution is -2.10. The molecule has 0 spiro atoms. The van der Waals surface area contributed by atoms with Gasteiger partial charge in [0, 0.05) is 24.0 Å². The molecule has 5 aromatic carbocycles. The first kappa shape index (κ1) is 16.6. The van der Waals surface area contributed by atoms with E-state index in [4.69, 9.17) is 0 Å². The lowest BCUT2D eigenvalue weighted by atomic mass is 10.00. The molecule has 0 atom stereocenters. The number of nitrogens with zero attached hydrogens (tertiary/aromatic N) is 1. The highest BCUT2D eigenvalue weighted by Crippen LogP contribution is 2.36. The van der Waals surface area contributed by atoms with E-state index >= 15 is 0 Å². The Morgan fingerprint density at radius 3 is 2.04 bits per heavy atom. The van der Waals surface area contributed by atoms with Crippen molar-refractivity contribution >= 4 is 32.9 Å². The molecular formula is C27H21N. The third-order valence-electron chi connectivity index (χ3n) is 5.47. The van der Waals surface area contributed by atoms with Gasteiger partial charge in [0.1, 0.15) is 0 Å². The molecule has 0 aliphatic heterocycles. The number of hydrogen-bond donors (Lipinski definition) is 0. The summed E-state index contributed by atoms with van der Waals surface area (Å²) in [6.07, 6.45) is 0. The number of benzene rings is 5. The molecular weight excluding hydrogens is 338 g/mol. The van der Waals surface area contributed by atoms with Crippen LogP contribution in [-0.4, -0.2) is 7.05 Å². The zero-order chi connectivity index (χ0) is 18.9. The molecule has 0 saturated heterocycles. The van der Waals surface area contributed by atoms with E-state index in [1.54, 1.807) is 0 Å². The zero-order valence-corrected chi connectivity index (χ0v) is 15.8. The van der Waals surface area contributed by atoms with Crippen molar-refractivity contribution < 1.29 is 0 Å². The molecule has 0 radical (unpaired) electrons. The second-order valence-electron chi connectivity index (χ2n) is 7.13. The fraction of sp³-hybridized carbons (Fsp3) is 0.0370. The Kier molecular flexibility index (Phi) is 4.06. The predicted molar refractivity (Wildman–Crippen MR) is 121 cm³/mol. The molecule has 28 heavy (non-hydrogen) atoms. The molecule has 0 fully saturated rings. The molecule has 5 aromatic rings. The second-order valence-corrected chi connectivity index (χ2v) is 7.13. The van der Waals surface area contributed by atoms with E-state index in [0.29, 0.717) is 0 Å². The summed E-state index contributed by atoms with van der Waals surface area (Å²) in [6.45, 7) is 0. The van der Waals surface area contributed by atoms with E-state index in [0.717, 1.165) is 0 Å². The molecule has 1 heteroatoms. The Labute approximate surface area is 165 Å². The SMILES string of the molecule is CN(c1ccc2ccc3ccccc3c2c1)c1ccccc1-c1ccccc1. The van der Waals surface area contributed by atoms with Gasteiger partial charge in [-0.3, -0.25) is 0 Å². The van der Waals surface area contributed by atoms with Gasteiger partial charge in [0.05, 0.1) is 0 Å². The molecule has 0 heterocycles. The fourth-order valence-corrected chi connectivity index (χ4v) is 3.97. The van der Waals surface area contributed by atoms with Gasteiger partial charge in [0.15, 0.2) is 0 Å². The number of para-hydroxylation sites is 1. The highest BCUT2D eigenvalue weighted by Gasteiger charge is 2.11. The van der Waals surface area contributed by atoms with Gasteiger partial charge in [-0.15, -0.1) is 0 Å². The Hall–Kier alpha value is -3.58. The van der Waals surface area contributed by atoms with Gasteiger partial charge in [-0.1, -0.05) is 91.0 Å². The first-order chi connectivity index (χ1) is 13.8. The smallest absolute Gasteiger partial charge is 0.0487 e. The molecule has 0 aromatic heterocycles. The first-order valence-corrected chi connectivity index (χ1v) is 9.61. The van der Waals surface area contributed by atoms with Crippen LogP contribution in [0.5, 0.6) is 0 Å². The number of rotatable bonds is 3. The third kappa shape index (κ3) is 2.82. The lowest BCUT2D eigenvalue weighted by molar-refractivity contribution is 1.21. The van der Waals surface area contributed by atoms with Gasteiger partial charge in [0.25, 0.3) is 0 Å². The maximum Gasteiger partial charge on any atom is 0.0487 e. The quantitative estimate of drug-likeness (QED) is 0.303. The van der Waals surface area contributed by atoms with Crippen molar-refractivity contribution in [2.75, 3.05) is 11.9 Å². The molecule has 0 unspecified atom stereocenters. The fourth-order valence-electron chi connectivity index (χ4n) is 3.97. The van der Waals surface area contributed by atoms with Crippen LogP contribution in [0.15, 0.2) is 109 Å². The monoisotopic (exact) mass is 359 g/mol. The van der Waals surface area contributed by atoms with Crippen LogP contribution in [0.1, 0.15) is 0 Å². The predicted octanol–water partition coefficient (Wildman–Crippen LogP) is 7.43. The van der Waals surface area contributed by atoms with Crippen molar-refractivity contribution in [3.05, 3.63) is 109 Å². The Balaban J connectivity index is 1.66. The molecule has 5 rings (SSSR count). The Morgan fingerprint density at radius 1 is 0.536 bits per heavy atom. The van der Waals surface area contributed by atoms with Gasteiger partial charge in [-0.2, -0.15) is 0 Å². The van der Waals surface area contributed by atoms with Gasteiger partial charge < -0.3 is 4.90 Å². The van der Waals surface area contributed by atoms with Crippen LogP contribution in [0.3, 0.4) is 0 Å². The largest absolute Gasteiger partial charge is 0.344 e. The summed E-state index contributed by atoms with van der Waals surface area (Å²) in [6, 6.07) is 38.9. The molecule has 0 N–H and O–H groups in total. The molecule has 0 aliphatic rings. The van der Waals surface area contributed by atoms with E-state index in [2.05, 4.69) is 121 Å². The van der Waals surface area contributed by atoms with Crippen LogP contribution < -0.4 is 4.90 Å². The summed E-state index contributed by atoms with van der Waals surface area (Å²) in [4.78, 5) is 2.28. The summed E-state index contributed by atoms with van der Waals surface area (Å²) < 4.78 is 0. The van der Waals surface area contributed by atoms with Crippen molar-refractivity contribution in [3.63, 3.8) is 0 Å². The molecule has 0 amide bonds. The number of anilines is 2. The minimum Gasteiger partial charge on any atom is -0.344 e. The van der Waals surface area contributed by atoms with E-state index in [1.165, 1.54) is 44.0 Å². The van der Waals surface area contributed by atoms with Crippen molar-refractivity contribution in [1.82, 2.24) is 0 Å². The van der Waals surface area contributed by atoms with Crippen molar-refractivity contribution in [3.8, 4) is 11.1 Å². The van der Waals surface area contributed by atoms with Gasteiger partial charge in [-0.05, 0) is 45.3 Å². The average Bonchev–Trinajstić information content (AvgIpc) is 2.79. The van der Waals surface area contributed by atoms with Crippen LogP contribution in [0, 0.1) is 0 Å². The minimum atomic E-state index is 1.19. The topological polar surface area (TPSA) is 3.24 Å². The molecule has 134 valence electrons. The lowest BCUT2D eigenvalue weighted by Gasteiger charge is -2.23. The second kappa shape index (κ2) is 6.86. The third-order valence-corrected chi connectivity index (χ3v) is 5.47. The van der Waals surface area contributed by atoms with Crippen molar-refractivity contribution in [1.29, 1.82) is 0 Å². The minimum absolute atomic E-state index is 1.19. The standard InChI is InChI=1S/C27H21N/c1-28(27-14-8-7-13-25(27)20-9-3-2-4-10-20)23-18-17-22-16-15-21-11-5-6-12-24(21)26(22)19-23/h2-19H,1H3. The average molecular weight is 359 g/mol. The Bertz CT molecular complexity index is 1270. The van der Waals surface area contributed by atoms with Crippen molar-refractivity contribution in [2.24, 2.45) is 0 Å². The highest BCUT2D eigenvalue weighted by molar-refractivity contribution is 6.08. The first-order valence-electron chi connectivity index (χ1n) is 9.61. The maximum absolute atomic E-state index is 2.30. The van der Waals surface area contributed by atoms with Crippen LogP contribution in [-0.2, 0) is 0 Å². The van der Waals surface area contributed by atoms with Gasteiger partial charge in [-0.25, -0.2) is 0 Å². The molecule has 0 aliphatic carbocycles. The number of fused-ring (bicyclic) bond motifs is 3. The van der Waals surface area contributed by atoms with Crippen LogP contribution >= 0.6 is 0 Å². The van der Waals surface area contributed by atoms with E-state index in [-0.39, 0.29) is 0 Å². The normalized spacial score (nSPS) is 11.0. The summed E-state index contributed by atoms with van der Waals surface area (Å²) >= 11 is 0. The Morgan fingerprint density at radius 2 is 1.18 bits per heavy atom. The van der Waals surface area contributed by atoms with E-state index < -0.39 is 0 Å². The van der Waals surface area contributed by atoms with E-state index in [1.807, 2.05) is 0 Å². The summed E-state index contributed by atoms with van der Waals surface area (Å²) in [5.74, 6) is 0. The molecule has 1 nitrogen and oxygen atoms in total. The molecule has 0 bridgehead atoms. The van der Waals surface area contributed by atoms with Gasteiger partial charge in [0.2, 0.25) is 0 Å². The highest BCUT2D eigenvalue weighted by atomic mass is 15.1. The van der Waals surface area contributed by atoms with Crippen molar-refractivity contribution in [2.45, 2.75) is 0 Å². The zero-order valence-electron chi connectivity index (χ0n) is 15.8. The number of hydrogen-bond acceptors (Lipinski definition) is 1. The van der Waals surface area contributed by atoms with Crippen LogP contribution in [0.2, 0.25) is 0 Å². The van der Waals surface area contributed by atoms with Crippen LogP contribution in [0.4, 0.5) is 11.4 Å².